The van der Waals surface area contributed by atoms with E-state index in [1.165, 1.54) is 31.6 Å². The number of aryl methyl sites for hydroxylation is 1. The van der Waals surface area contributed by atoms with Crippen LogP contribution in [-0.4, -0.2) is 59.7 Å². The number of carbonyl (C=O) groups excluding carboxylic acids is 1. The zero-order chi connectivity index (χ0) is 31.1. The summed E-state index contributed by atoms with van der Waals surface area (Å²) in [7, 11) is -2.61. The summed E-state index contributed by atoms with van der Waals surface area (Å²) in [5, 5.41) is 0.460. The van der Waals surface area contributed by atoms with E-state index in [1.807, 2.05) is 25.3 Å². The zero-order valence-corrected chi connectivity index (χ0v) is 25.5. The van der Waals surface area contributed by atoms with Gasteiger partial charge in [-0.2, -0.15) is 0 Å². The Labute approximate surface area is 249 Å². The summed E-state index contributed by atoms with van der Waals surface area (Å²) in [5.74, 6) is -0.0544. The van der Waals surface area contributed by atoms with E-state index in [2.05, 4.69) is 14.7 Å². The van der Waals surface area contributed by atoms with Crippen LogP contribution in [0.1, 0.15) is 45.2 Å². The fraction of sp³-hybridized carbons (Fsp3) is 0.367. The van der Waals surface area contributed by atoms with Crippen molar-refractivity contribution >= 4 is 38.7 Å². The molecule has 1 saturated heterocycles. The molecule has 4 aromatic rings. The average molecular weight is 611 g/mol. The Kier molecular flexibility index (Phi) is 7.95. The third kappa shape index (κ3) is 6.07. The minimum atomic E-state index is -4.11. The highest BCUT2D eigenvalue weighted by Crippen LogP contribution is 2.39. The second-order valence-corrected chi connectivity index (χ2v) is 13.2. The molecule has 3 N–H and O–H groups in total. The lowest BCUT2D eigenvalue weighted by Crippen LogP contribution is -2.42. The van der Waals surface area contributed by atoms with Crippen molar-refractivity contribution in [2.45, 2.75) is 57.1 Å². The van der Waals surface area contributed by atoms with Crippen molar-refractivity contribution in [2.75, 3.05) is 30.7 Å². The number of ether oxygens (including phenoxy) is 2. The lowest BCUT2D eigenvalue weighted by molar-refractivity contribution is 0.0189. The van der Waals surface area contributed by atoms with Gasteiger partial charge in [0.1, 0.15) is 29.1 Å². The highest BCUT2D eigenvalue weighted by Gasteiger charge is 2.30. The number of rotatable bonds is 6. The Morgan fingerprint density at radius 3 is 2.49 bits per heavy atom. The number of nitrogens with zero attached hydrogens (tertiary/aromatic N) is 4. The van der Waals surface area contributed by atoms with E-state index >= 15 is 4.39 Å². The summed E-state index contributed by atoms with van der Waals surface area (Å²) < 4.78 is 57.5. The molecule has 0 aliphatic carbocycles. The molecule has 11 nitrogen and oxygen atoms in total. The first-order chi connectivity index (χ1) is 20.3. The molecule has 2 aromatic heterocycles. The molecular formula is C30H35FN6O5S. The number of nitrogens with two attached hydrogens (primary N) is 1. The molecule has 0 saturated carbocycles. The second-order valence-electron chi connectivity index (χ2n) is 11.5. The first-order valence-corrected chi connectivity index (χ1v) is 15.3. The summed E-state index contributed by atoms with van der Waals surface area (Å²) in [4.78, 5) is 22.8. The number of methoxy groups -OCH3 is 1. The van der Waals surface area contributed by atoms with E-state index < -0.39 is 21.4 Å². The van der Waals surface area contributed by atoms with Crippen LogP contribution < -0.4 is 15.2 Å². The van der Waals surface area contributed by atoms with Crippen molar-refractivity contribution in [1.29, 1.82) is 0 Å². The number of hydrogen-bond acceptors (Lipinski definition) is 8. The zero-order valence-electron chi connectivity index (χ0n) is 24.7. The van der Waals surface area contributed by atoms with Crippen molar-refractivity contribution < 1.29 is 27.1 Å². The number of likely N-dealkylation sites (tertiary alicyclic amines) is 1. The van der Waals surface area contributed by atoms with Gasteiger partial charge in [-0.15, -0.1) is 0 Å². The number of amides is 1. The molecule has 2 aromatic carbocycles. The topological polar surface area (TPSA) is 142 Å². The molecule has 0 unspecified atom stereocenters. The van der Waals surface area contributed by atoms with Gasteiger partial charge in [-0.1, -0.05) is 12.1 Å². The van der Waals surface area contributed by atoms with Crippen LogP contribution in [0.2, 0.25) is 0 Å². The number of fused-ring (bicyclic) bond motifs is 1. The van der Waals surface area contributed by atoms with Crippen molar-refractivity contribution in [2.24, 2.45) is 0 Å². The normalized spacial score (nSPS) is 14.6. The van der Waals surface area contributed by atoms with E-state index in [-0.39, 0.29) is 34.1 Å². The minimum absolute atomic E-state index is 0.0254. The lowest BCUT2D eigenvalue weighted by Gasteiger charge is -2.34. The minimum Gasteiger partial charge on any atom is -0.496 e. The van der Waals surface area contributed by atoms with Crippen LogP contribution in [0.3, 0.4) is 0 Å². The van der Waals surface area contributed by atoms with Crippen molar-refractivity contribution in [3.8, 4) is 16.9 Å². The fourth-order valence-electron chi connectivity index (χ4n) is 5.28. The first kappa shape index (κ1) is 30.1. The van der Waals surface area contributed by atoms with Crippen LogP contribution >= 0.6 is 0 Å². The molecule has 0 spiro atoms. The maximum Gasteiger partial charge on any atom is 0.410 e. The van der Waals surface area contributed by atoms with E-state index in [1.54, 1.807) is 36.2 Å². The largest absolute Gasteiger partial charge is 0.496 e. The summed E-state index contributed by atoms with van der Waals surface area (Å²) in [6.45, 7) is 8.16. The molecule has 1 amide bonds. The standard InChI is InChI=1S/C30H35FN6O5S/c1-18-15-20(9-10-24(18)41-5)43(39,40)35-23-8-6-7-21(26(23)31)22-16-37(28-25(22)27(32)33-17-34-28)19-11-13-36(14-12-19)29(38)42-30(2,3)4/h6-10,15-17,19,35H,11-14H2,1-5H3,(H2,32,33,34). The number of piperidine rings is 1. The van der Waals surface area contributed by atoms with Crippen LogP contribution in [0.25, 0.3) is 22.2 Å². The summed E-state index contributed by atoms with van der Waals surface area (Å²) in [6.07, 6.45) is 4.01. The molecule has 228 valence electrons. The SMILES string of the molecule is COc1ccc(S(=O)(=O)Nc2cccc(-c3cn(C4CCN(C(=O)OC(C)(C)C)CC4)c4ncnc(N)c34)c2F)cc1C. The van der Waals surface area contributed by atoms with Crippen LogP contribution in [0.15, 0.2) is 53.8 Å². The third-order valence-corrected chi connectivity index (χ3v) is 8.72. The number of aromatic nitrogens is 3. The van der Waals surface area contributed by atoms with Crippen LogP contribution in [0.4, 0.5) is 20.7 Å². The van der Waals surface area contributed by atoms with Gasteiger partial charge in [0.05, 0.1) is 23.1 Å². The van der Waals surface area contributed by atoms with Crippen molar-refractivity contribution in [3.63, 3.8) is 0 Å². The predicted molar refractivity (Wildman–Crippen MR) is 162 cm³/mol. The van der Waals surface area contributed by atoms with Crippen LogP contribution in [0, 0.1) is 12.7 Å². The van der Waals surface area contributed by atoms with Crippen LogP contribution in [-0.2, 0) is 14.8 Å². The molecule has 0 bridgehead atoms. The van der Waals surface area contributed by atoms with Crippen molar-refractivity contribution in [3.05, 3.63) is 60.3 Å². The highest BCUT2D eigenvalue weighted by molar-refractivity contribution is 7.92. The Hall–Kier alpha value is -4.39. The number of carbonyl (C=O) groups is 1. The number of hydrogen-bond donors (Lipinski definition) is 2. The Morgan fingerprint density at radius 1 is 1.12 bits per heavy atom. The average Bonchev–Trinajstić information content (AvgIpc) is 3.34. The fourth-order valence-corrected chi connectivity index (χ4v) is 6.43. The van der Waals surface area contributed by atoms with Gasteiger partial charge in [0.15, 0.2) is 5.82 Å². The van der Waals surface area contributed by atoms with Crippen LogP contribution in [0.5, 0.6) is 5.75 Å². The third-order valence-electron chi connectivity index (χ3n) is 7.36. The molecule has 13 heteroatoms. The van der Waals surface area contributed by atoms with Gasteiger partial charge in [-0.25, -0.2) is 27.6 Å². The number of benzene rings is 2. The highest BCUT2D eigenvalue weighted by atomic mass is 32.2. The Morgan fingerprint density at radius 2 is 1.84 bits per heavy atom. The molecule has 0 atom stereocenters. The van der Waals surface area contributed by atoms with Crippen molar-refractivity contribution in [1.82, 2.24) is 19.4 Å². The predicted octanol–water partition coefficient (Wildman–Crippen LogP) is 5.51. The number of sulfonamides is 1. The Bertz CT molecular complexity index is 1790. The van der Waals surface area contributed by atoms with Gasteiger partial charge in [0, 0.05) is 36.5 Å². The van der Waals surface area contributed by atoms with Gasteiger partial charge >= 0.3 is 6.09 Å². The molecular weight excluding hydrogens is 575 g/mol. The monoisotopic (exact) mass is 610 g/mol. The molecule has 0 radical (unpaired) electrons. The van der Waals surface area contributed by atoms with E-state index in [0.29, 0.717) is 53.8 Å². The molecule has 43 heavy (non-hydrogen) atoms. The molecule has 1 fully saturated rings. The van der Waals surface area contributed by atoms with Gasteiger partial charge < -0.3 is 24.7 Å². The lowest BCUT2D eigenvalue weighted by atomic mass is 10.0. The molecule has 5 rings (SSSR count). The summed E-state index contributed by atoms with van der Waals surface area (Å²) in [6, 6.07) is 8.84. The Balaban J connectivity index is 1.47. The van der Waals surface area contributed by atoms with E-state index in [0.717, 1.165) is 0 Å². The van der Waals surface area contributed by atoms with E-state index in [9.17, 15) is 13.2 Å². The van der Waals surface area contributed by atoms with Gasteiger partial charge in [-0.05, 0) is 70.4 Å². The van der Waals surface area contributed by atoms with Gasteiger partial charge in [0.25, 0.3) is 10.0 Å². The van der Waals surface area contributed by atoms with E-state index in [4.69, 9.17) is 15.2 Å². The molecule has 1 aliphatic rings. The molecule has 1 aliphatic heterocycles. The maximum atomic E-state index is 16.1. The van der Waals surface area contributed by atoms with Gasteiger partial charge in [0.2, 0.25) is 0 Å². The quantitative estimate of drug-likeness (QED) is 0.291. The number of nitrogen functional groups attached to an aromatic ring is 1. The maximum absolute atomic E-state index is 16.1. The summed E-state index contributed by atoms with van der Waals surface area (Å²) >= 11 is 0. The second kappa shape index (κ2) is 11.4. The number of anilines is 2. The smallest absolute Gasteiger partial charge is 0.410 e. The van der Waals surface area contributed by atoms with Gasteiger partial charge in [-0.3, -0.25) is 4.72 Å². The molecule has 3 heterocycles. The summed E-state index contributed by atoms with van der Waals surface area (Å²) in [5.41, 5.74) is 7.20. The number of halogens is 1. The first-order valence-electron chi connectivity index (χ1n) is 13.8. The number of nitrogens with one attached hydrogen (secondary N) is 1.